The lowest BCUT2D eigenvalue weighted by Crippen LogP contribution is -2.29. The van der Waals surface area contributed by atoms with Crippen LogP contribution in [-0.2, 0) is 15.0 Å². The summed E-state index contributed by atoms with van der Waals surface area (Å²) in [7, 11) is -4.35. The molecule has 3 nitrogen and oxygen atoms in total. The topological polar surface area (TPSA) is 43.4 Å². The van der Waals surface area contributed by atoms with Gasteiger partial charge >= 0.3 is 10.2 Å². The van der Waals surface area contributed by atoms with Gasteiger partial charge in [-0.2, -0.15) is 8.42 Å². The van der Waals surface area contributed by atoms with Crippen LogP contribution >= 0.6 is 0 Å². The van der Waals surface area contributed by atoms with Crippen LogP contribution in [0.25, 0.3) is 0 Å². The Bertz CT molecular complexity index is 244. The van der Waals surface area contributed by atoms with Gasteiger partial charge in [-0.1, -0.05) is 6.92 Å². The van der Waals surface area contributed by atoms with Crippen LogP contribution in [0.5, 0.6) is 0 Å². The van der Waals surface area contributed by atoms with Crippen molar-refractivity contribution in [1.82, 2.24) is 0 Å². The molecule has 13 heavy (non-hydrogen) atoms. The summed E-state index contributed by atoms with van der Waals surface area (Å²) in [6.45, 7) is 2.38. The summed E-state index contributed by atoms with van der Waals surface area (Å²) in [6, 6.07) is 0. The monoisotopic (exact) mass is 210 g/mol. The minimum absolute atomic E-state index is 0.0840. The molecule has 78 valence electrons. The van der Waals surface area contributed by atoms with Crippen LogP contribution in [0, 0.1) is 5.92 Å². The number of halogens is 1. The largest absolute Gasteiger partial charge is 0.378 e. The summed E-state index contributed by atoms with van der Waals surface area (Å²) < 4.78 is 38.4. The first-order valence-corrected chi connectivity index (χ1v) is 6.08. The lowest BCUT2D eigenvalue weighted by molar-refractivity contribution is -0.0109. The van der Waals surface area contributed by atoms with Crippen molar-refractivity contribution >= 4 is 10.2 Å². The maximum Gasteiger partial charge on any atom is 0.302 e. The summed E-state index contributed by atoms with van der Waals surface area (Å²) in [4.78, 5) is 0. The molecule has 2 atom stereocenters. The molecule has 0 amide bonds. The normalized spacial score (nSPS) is 27.1. The van der Waals surface area contributed by atoms with Crippen molar-refractivity contribution in [2.45, 2.75) is 32.3 Å². The van der Waals surface area contributed by atoms with Gasteiger partial charge in [-0.05, 0) is 25.2 Å². The molecule has 0 aromatic carbocycles. The zero-order valence-electron chi connectivity index (χ0n) is 7.70. The second-order valence-corrected chi connectivity index (χ2v) is 5.00. The molecule has 0 saturated carbocycles. The molecule has 1 saturated heterocycles. The Morgan fingerprint density at radius 3 is 2.69 bits per heavy atom. The number of ether oxygens (including phenoxy) is 1. The smallest absolute Gasteiger partial charge is 0.302 e. The maximum atomic E-state index is 12.3. The van der Waals surface area contributed by atoms with Gasteiger partial charge in [0.2, 0.25) is 0 Å². The van der Waals surface area contributed by atoms with Gasteiger partial charge in [0.25, 0.3) is 0 Å². The zero-order chi connectivity index (χ0) is 9.90. The Balaban J connectivity index is 2.42. The van der Waals surface area contributed by atoms with Gasteiger partial charge < -0.3 is 4.74 Å². The molecule has 0 N–H and O–H groups in total. The highest BCUT2D eigenvalue weighted by atomic mass is 32.3. The van der Waals surface area contributed by atoms with Crippen molar-refractivity contribution in [3.8, 4) is 0 Å². The summed E-state index contributed by atoms with van der Waals surface area (Å²) in [5.41, 5.74) is 0. The quantitative estimate of drug-likeness (QED) is 0.663. The fourth-order valence-corrected chi connectivity index (χ4v) is 2.48. The predicted octanol–water partition coefficient (Wildman–Crippen LogP) is 1.49. The van der Waals surface area contributed by atoms with Crippen LogP contribution in [0.2, 0.25) is 0 Å². The Labute approximate surface area is 78.5 Å². The van der Waals surface area contributed by atoms with E-state index < -0.39 is 16.0 Å². The van der Waals surface area contributed by atoms with Crippen LogP contribution in [0.1, 0.15) is 26.2 Å². The predicted molar refractivity (Wildman–Crippen MR) is 47.6 cm³/mol. The summed E-state index contributed by atoms with van der Waals surface area (Å²) >= 11 is 0. The van der Waals surface area contributed by atoms with Gasteiger partial charge in [-0.3, -0.25) is 0 Å². The minimum atomic E-state index is -4.35. The van der Waals surface area contributed by atoms with Gasteiger partial charge in [0.15, 0.2) is 0 Å². The number of rotatable bonds is 3. The van der Waals surface area contributed by atoms with Gasteiger partial charge in [0, 0.05) is 6.61 Å². The minimum Gasteiger partial charge on any atom is -0.378 e. The van der Waals surface area contributed by atoms with E-state index in [-0.39, 0.29) is 12.0 Å². The van der Waals surface area contributed by atoms with Crippen molar-refractivity contribution in [3.05, 3.63) is 0 Å². The highest BCUT2D eigenvalue weighted by Gasteiger charge is 2.25. The van der Waals surface area contributed by atoms with Crippen molar-refractivity contribution in [2.24, 2.45) is 5.92 Å². The molecule has 0 aliphatic carbocycles. The Morgan fingerprint density at radius 1 is 1.54 bits per heavy atom. The Kier molecular flexibility index (Phi) is 3.67. The van der Waals surface area contributed by atoms with E-state index in [4.69, 9.17) is 4.74 Å². The standard InChI is InChI=1S/C8H15FO3S/c1-7(6-13(9,10)11)8-4-2-3-5-12-8/h7-8H,2-6H2,1H3. The third-order valence-corrected chi connectivity index (χ3v) is 3.24. The third kappa shape index (κ3) is 4.04. The van der Waals surface area contributed by atoms with E-state index >= 15 is 0 Å². The summed E-state index contributed by atoms with van der Waals surface area (Å²) in [5, 5.41) is 0. The molecule has 0 aromatic heterocycles. The third-order valence-electron chi connectivity index (χ3n) is 2.31. The van der Waals surface area contributed by atoms with Gasteiger partial charge in [0.05, 0.1) is 11.9 Å². The van der Waals surface area contributed by atoms with E-state index in [0.29, 0.717) is 6.61 Å². The first-order chi connectivity index (χ1) is 5.99. The average molecular weight is 210 g/mol. The van der Waals surface area contributed by atoms with E-state index in [0.717, 1.165) is 19.3 Å². The van der Waals surface area contributed by atoms with Gasteiger partial charge in [-0.25, -0.2) is 0 Å². The van der Waals surface area contributed by atoms with Crippen LogP contribution in [0.3, 0.4) is 0 Å². The van der Waals surface area contributed by atoms with Crippen LogP contribution in [0.15, 0.2) is 0 Å². The summed E-state index contributed by atoms with van der Waals surface area (Å²) in [5.74, 6) is -0.659. The zero-order valence-corrected chi connectivity index (χ0v) is 8.52. The van der Waals surface area contributed by atoms with E-state index in [1.54, 1.807) is 6.92 Å². The SMILES string of the molecule is CC(CS(=O)(=O)F)C1CCCCO1. The lowest BCUT2D eigenvalue weighted by atomic mass is 9.99. The Morgan fingerprint density at radius 2 is 2.23 bits per heavy atom. The highest BCUT2D eigenvalue weighted by molar-refractivity contribution is 7.86. The molecular weight excluding hydrogens is 195 g/mol. The van der Waals surface area contributed by atoms with Crippen LogP contribution in [-0.4, -0.2) is 26.9 Å². The average Bonchev–Trinajstić information content (AvgIpc) is 2.03. The molecule has 0 radical (unpaired) electrons. The fourth-order valence-electron chi connectivity index (χ4n) is 1.64. The van der Waals surface area contributed by atoms with E-state index in [1.165, 1.54) is 0 Å². The second-order valence-electron chi connectivity index (χ2n) is 3.59. The van der Waals surface area contributed by atoms with Gasteiger partial charge in [-0.15, -0.1) is 3.89 Å². The first-order valence-electron chi connectivity index (χ1n) is 4.53. The van der Waals surface area contributed by atoms with Gasteiger partial charge in [0.1, 0.15) is 0 Å². The van der Waals surface area contributed by atoms with E-state index in [2.05, 4.69) is 0 Å². The van der Waals surface area contributed by atoms with Crippen molar-refractivity contribution in [3.63, 3.8) is 0 Å². The number of hydrogen-bond acceptors (Lipinski definition) is 3. The first kappa shape index (κ1) is 10.9. The summed E-state index contributed by atoms with van der Waals surface area (Å²) in [6.07, 6.45) is 2.82. The van der Waals surface area contributed by atoms with Crippen LogP contribution in [0.4, 0.5) is 3.89 Å². The van der Waals surface area contributed by atoms with Crippen molar-refractivity contribution in [1.29, 1.82) is 0 Å². The van der Waals surface area contributed by atoms with E-state index in [9.17, 15) is 12.3 Å². The molecular formula is C8H15FO3S. The molecule has 5 heteroatoms. The fraction of sp³-hybridized carbons (Fsp3) is 1.00. The second kappa shape index (κ2) is 4.37. The molecule has 0 spiro atoms. The molecule has 0 aromatic rings. The molecule has 1 heterocycles. The lowest BCUT2D eigenvalue weighted by Gasteiger charge is -2.26. The molecule has 2 unspecified atom stereocenters. The van der Waals surface area contributed by atoms with Crippen LogP contribution < -0.4 is 0 Å². The molecule has 1 aliphatic heterocycles. The highest BCUT2D eigenvalue weighted by Crippen LogP contribution is 2.21. The molecule has 1 fully saturated rings. The van der Waals surface area contributed by atoms with E-state index in [1.807, 2.05) is 0 Å². The van der Waals surface area contributed by atoms with Crippen molar-refractivity contribution < 1.29 is 17.0 Å². The maximum absolute atomic E-state index is 12.3. The number of hydrogen-bond donors (Lipinski definition) is 0. The van der Waals surface area contributed by atoms with Crippen molar-refractivity contribution in [2.75, 3.05) is 12.4 Å². The Hall–Kier alpha value is -0.160. The molecule has 1 rings (SSSR count). The molecule has 1 aliphatic rings. The molecule has 0 bridgehead atoms.